The molecule has 0 radical (unpaired) electrons. The first kappa shape index (κ1) is 42.7. The maximum absolute atomic E-state index is 11.6. The van der Waals surface area contributed by atoms with Crippen molar-refractivity contribution in [2.45, 2.75) is 18.5 Å². The molecule has 1 aromatic carbocycles. The molecule has 1 aliphatic heterocycles. The smallest absolute Gasteiger partial charge is 0.322 e. The summed E-state index contributed by atoms with van der Waals surface area (Å²) >= 11 is 0. The highest BCUT2D eigenvalue weighted by molar-refractivity contribution is 5.73. The Hall–Kier alpha value is -3.46. The predicted molar refractivity (Wildman–Crippen MR) is 180 cm³/mol. The topological polar surface area (TPSA) is 251 Å². The summed E-state index contributed by atoms with van der Waals surface area (Å²) in [5.74, 6) is -3.41. The molecule has 1 aromatic rings. The standard InChI is InChI=1S/C32H54N6O12/c33-27(31(43)44)21-25-1-3-26(4-2-25)50-20-19-48-16-14-36-7-11-37(22-29(39)40)9-5-35(6-10-38(12-8-36)23-30(41)42)13-15-47-17-18-49-24-28(34)32(45)46/h1-4,27-28H,5-24,33-34H2,(H,39,40)(H,41,42)(H,43,44)(H,45,46)/t27-,28-/m0/s1. The number of ether oxygens (including phenoxy) is 4. The number of carboxylic acid groups (broad SMARTS) is 4. The van der Waals surface area contributed by atoms with Gasteiger partial charge in [-0.15, -0.1) is 0 Å². The van der Waals surface area contributed by atoms with E-state index >= 15 is 0 Å². The molecule has 18 heteroatoms. The Morgan fingerprint density at radius 2 is 1.00 bits per heavy atom. The second kappa shape index (κ2) is 24.6. The Morgan fingerprint density at radius 3 is 1.44 bits per heavy atom. The van der Waals surface area contributed by atoms with Crippen LogP contribution in [0.15, 0.2) is 24.3 Å². The Morgan fingerprint density at radius 1 is 0.580 bits per heavy atom. The number of benzene rings is 1. The summed E-state index contributed by atoms with van der Waals surface area (Å²) in [6.45, 7) is 6.88. The van der Waals surface area contributed by atoms with Gasteiger partial charge in [0.25, 0.3) is 0 Å². The molecule has 0 saturated carbocycles. The zero-order valence-corrected chi connectivity index (χ0v) is 28.6. The maximum Gasteiger partial charge on any atom is 0.322 e. The lowest BCUT2D eigenvalue weighted by molar-refractivity contribution is -0.140. The van der Waals surface area contributed by atoms with Crippen molar-refractivity contribution < 1.29 is 58.6 Å². The first-order valence-electron chi connectivity index (χ1n) is 16.7. The number of nitrogens with two attached hydrogens (primary N) is 2. The van der Waals surface area contributed by atoms with E-state index in [1.165, 1.54) is 0 Å². The van der Waals surface area contributed by atoms with E-state index < -0.39 is 36.0 Å². The molecule has 284 valence electrons. The van der Waals surface area contributed by atoms with Crippen molar-refractivity contribution in [3.05, 3.63) is 29.8 Å². The Labute approximate surface area is 292 Å². The zero-order valence-electron chi connectivity index (χ0n) is 28.6. The van der Waals surface area contributed by atoms with Gasteiger partial charge in [0.05, 0.1) is 52.7 Å². The number of carboxylic acids is 4. The van der Waals surface area contributed by atoms with Crippen LogP contribution in [0.3, 0.4) is 0 Å². The van der Waals surface area contributed by atoms with E-state index in [9.17, 15) is 29.4 Å². The Kier molecular flexibility index (Phi) is 21.1. The van der Waals surface area contributed by atoms with E-state index in [2.05, 4.69) is 9.80 Å². The van der Waals surface area contributed by atoms with Crippen LogP contribution >= 0.6 is 0 Å². The van der Waals surface area contributed by atoms with Gasteiger partial charge in [0.1, 0.15) is 24.4 Å². The van der Waals surface area contributed by atoms with Gasteiger partial charge in [0, 0.05) is 65.4 Å². The average Bonchev–Trinajstić information content (AvgIpc) is 3.06. The molecule has 0 bridgehead atoms. The van der Waals surface area contributed by atoms with Crippen LogP contribution in [-0.2, 0) is 39.8 Å². The predicted octanol–water partition coefficient (Wildman–Crippen LogP) is -2.13. The number of hydrogen-bond donors (Lipinski definition) is 6. The van der Waals surface area contributed by atoms with Crippen molar-refractivity contribution in [3.8, 4) is 5.75 Å². The van der Waals surface area contributed by atoms with Crippen molar-refractivity contribution in [2.75, 3.05) is 125 Å². The van der Waals surface area contributed by atoms with Crippen LogP contribution in [0.1, 0.15) is 5.56 Å². The molecule has 0 aromatic heterocycles. The summed E-state index contributed by atoms with van der Waals surface area (Å²) in [4.78, 5) is 53.0. The molecule has 18 nitrogen and oxygen atoms in total. The van der Waals surface area contributed by atoms with Gasteiger partial charge in [-0.25, -0.2) is 0 Å². The van der Waals surface area contributed by atoms with E-state index in [1.807, 2.05) is 9.80 Å². The second-order valence-electron chi connectivity index (χ2n) is 11.9. The Balaban J connectivity index is 1.83. The molecule has 1 fully saturated rings. The molecular formula is C32H54N6O12. The van der Waals surface area contributed by atoms with E-state index in [-0.39, 0.29) is 39.3 Å². The van der Waals surface area contributed by atoms with Gasteiger partial charge in [-0.3, -0.25) is 38.8 Å². The fourth-order valence-electron chi connectivity index (χ4n) is 5.00. The lowest BCUT2D eigenvalue weighted by atomic mass is 10.1. The summed E-state index contributed by atoms with van der Waals surface area (Å²) in [6, 6.07) is 4.99. The third-order valence-corrected chi connectivity index (χ3v) is 7.93. The first-order valence-corrected chi connectivity index (χ1v) is 16.7. The van der Waals surface area contributed by atoms with E-state index in [0.717, 1.165) is 5.56 Å². The molecule has 0 spiro atoms. The highest BCUT2D eigenvalue weighted by Crippen LogP contribution is 2.13. The molecule has 0 aliphatic carbocycles. The number of aliphatic carboxylic acids is 4. The van der Waals surface area contributed by atoms with Crippen LogP contribution in [-0.4, -0.2) is 201 Å². The van der Waals surface area contributed by atoms with Gasteiger partial charge in [-0.05, 0) is 24.1 Å². The maximum atomic E-state index is 11.6. The minimum absolute atomic E-state index is 0.111. The van der Waals surface area contributed by atoms with Crippen LogP contribution in [0, 0.1) is 0 Å². The minimum atomic E-state index is -1.14. The Bertz CT molecular complexity index is 1120. The van der Waals surface area contributed by atoms with Gasteiger partial charge in [0.2, 0.25) is 0 Å². The van der Waals surface area contributed by atoms with Gasteiger partial charge in [-0.1, -0.05) is 12.1 Å². The van der Waals surface area contributed by atoms with Gasteiger partial charge in [0.15, 0.2) is 0 Å². The number of hydrogen-bond acceptors (Lipinski definition) is 14. The third kappa shape index (κ3) is 19.7. The highest BCUT2D eigenvalue weighted by Gasteiger charge is 2.19. The number of carbonyl (C=O) groups is 4. The average molecular weight is 715 g/mol. The molecule has 0 amide bonds. The molecular weight excluding hydrogens is 660 g/mol. The van der Waals surface area contributed by atoms with Crippen LogP contribution in [0.5, 0.6) is 5.75 Å². The summed E-state index contributed by atoms with van der Waals surface area (Å²) in [5.41, 5.74) is 11.8. The summed E-state index contributed by atoms with van der Waals surface area (Å²) in [7, 11) is 0. The summed E-state index contributed by atoms with van der Waals surface area (Å²) in [6.07, 6.45) is 0.222. The van der Waals surface area contributed by atoms with Crippen molar-refractivity contribution in [2.24, 2.45) is 11.5 Å². The van der Waals surface area contributed by atoms with E-state index in [4.69, 9.17) is 40.6 Å². The lowest BCUT2D eigenvalue weighted by Crippen LogP contribution is -2.48. The third-order valence-electron chi connectivity index (χ3n) is 7.93. The van der Waals surface area contributed by atoms with Gasteiger partial charge < -0.3 is 50.8 Å². The van der Waals surface area contributed by atoms with Crippen LogP contribution in [0.25, 0.3) is 0 Å². The monoisotopic (exact) mass is 714 g/mol. The normalized spacial score (nSPS) is 17.3. The minimum Gasteiger partial charge on any atom is -0.491 e. The van der Waals surface area contributed by atoms with Crippen LogP contribution < -0.4 is 16.2 Å². The fourth-order valence-corrected chi connectivity index (χ4v) is 5.00. The van der Waals surface area contributed by atoms with E-state index in [0.29, 0.717) is 97.6 Å². The van der Waals surface area contributed by atoms with Crippen LogP contribution in [0.2, 0.25) is 0 Å². The lowest BCUT2D eigenvalue weighted by Gasteiger charge is -2.33. The highest BCUT2D eigenvalue weighted by atomic mass is 16.5. The van der Waals surface area contributed by atoms with Crippen molar-refractivity contribution in [1.29, 1.82) is 0 Å². The zero-order chi connectivity index (χ0) is 36.7. The molecule has 1 heterocycles. The van der Waals surface area contributed by atoms with Crippen molar-refractivity contribution in [1.82, 2.24) is 19.6 Å². The number of rotatable bonds is 23. The summed E-state index contributed by atoms with van der Waals surface area (Å²) < 4.78 is 22.4. The quantitative estimate of drug-likeness (QED) is 0.0663. The largest absolute Gasteiger partial charge is 0.491 e. The first-order chi connectivity index (χ1) is 23.9. The second-order valence-corrected chi connectivity index (χ2v) is 11.9. The molecule has 1 aliphatic rings. The van der Waals surface area contributed by atoms with Crippen molar-refractivity contribution in [3.63, 3.8) is 0 Å². The summed E-state index contributed by atoms with van der Waals surface area (Å²) in [5, 5.41) is 36.8. The van der Waals surface area contributed by atoms with Crippen molar-refractivity contribution >= 4 is 23.9 Å². The molecule has 1 saturated heterocycles. The van der Waals surface area contributed by atoms with Crippen LogP contribution in [0.4, 0.5) is 0 Å². The molecule has 2 atom stereocenters. The molecule has 0 unspecified atom stereocenters. The van der Waals surface area contributed by atoms with E-state index in [1.54, 1.807) is 24.3 Å². The molecule has 50 heavy (non-hydrogen) atoms. The molecule has 2 rings (SSSR count). The van der Waals surface area contributed by atoms with Gasteiger partial charge >= 0.3 is 23.9 Å². The molecule has 8 N–H and O–H groups in total. The SMILES string of the molecule is N[C@@H](COCCOCCN1CCN(CC(=O)O)CCN(CCOCCOc2ccc(C[C@H](N)C(=O)O)cc2)CCN(CC(=O)O)CC1)C(=O)O. The fraction of sp³-hybridized carbons (Fsp3) is 0.688. The number of nitrogens with zero attached hydrogens (tertiary/aromatic N) is 4. The van der Waals surface area contributed by atoms with Gasteiger partial charge in [-0.2, -0.15) is 0 Å².